The highest BCUT2D eigenvalue weighted by Gasteiger charge is 2.30. The summed E-state index contributed by atoms with van der Waals surface area (Å²) >= 11 is 0. The average molecular weight is 500 g/mol. The molecule has 9 nitrogen and oxygen atoms in total. The number of aliphatic hydroxyl groups is 1. The number of nitrogens with two attached hydrogens (primary N) is 1. The Morgan fingerprint density at radius 1 is 1.17 bits per heavy atom. The fourth-order valence-electron chi connectivity index (χ4n) is 4.74. The minimum absolute atomic E-state index is 0.250. The highest BCUT2D eigenvalue weighted by atomic mass is 19.1. The molecule has 1 aliphatic carbocycles. The van der Waals surface area contributed by atoms with E-state index in [0.717, 1.165) is 47.0 Å². The number of hydrogen-bond donors (Lipinski definition) is 3. The molecule has 0 saturated heterocycles. The Balaban J connectivity index is 0.000000463. The number of nitrogens with zero attached hydrogens (tertiary/aromatic N) is 2. The number of aliphatic hydroxyl groups excluding tert-OH is 1. The van der Waals surface area contributed by atoms with Crippen molar-refractivity contribution in [3.8, 4) is 11.4 Å². The van der Waals surface area contributed by atoms with Crippen molar-refractivity contribution >= 4 is 23.0 Å². The Hall–Kier alpha value is -3.79. The molecule has 10 heteroatoms. The van der Waals surface area contributed by atoms with Crippen LogP contribution in [-0.4, -0.2) is 38.4 Å². The highest BCUT2D eigenvalue weighted by molar-refractivity contribution is 5.92. The van der Waals surface area contributed by atoms with Crippen LogP contribution in [0.4, 0.5) is 9.18 Å². The lowest BCUT2D eigenvalue weighted by molar-refractivity contribution is -0.120. The van der Waals surface area contributed by atoms with E-state index >= 15 is 0 Å². The molecule has 0 radical (unpaired) electrons. The van der Waals surface area contributed by atoms with Crippen LogP contribution >= 0.6 is 0 Å². The van der Waals surface area contributed by atoms with Gasteiger partial charge in [-0.1, -0.05) is 13.8 Å². The fourth-order valence-corrected chi connectivity index (χ4v) is 4.74. The minimum Gasteiger partial charge on any atom is -0.450 e. The maximum atomic E-state index is 14.5. The first-order chi connectivity index (χ1) is 17.1. The number of rotatable bonds is 3. The third kappa shape index (κ3) is 4.81. The molecular formula is C26H30FN3O6. The molecule has 0 atom stereocenters. The second-order valence-corrected chi connectivity index (χ2v) is 8.39. The van der Waals surface area contributed by atoms with Gasteiger partial charge in [-0.15, -0.1) is 0 Å². The largest absolute Gasteiger partial charge is 0.506 e. The van der Waals surface area contributed by atoms with E-state index in [4.69, 9.17) is 15.2 Å². The lowest BCUT2D eigenvalue weighted by atomic mass is 9.85. The van der Waals surface area contributed by atoms with Crippen molar-refractivity contribution in [2.75, 3.05) is 6.61 Å². The molecule has 2 aromatic heterocycles. The number of pyridine rings is 2. The van der Waals surface area contributed by atoms with Gasteiger partial charge < -0.3 is 25.3 Å². The van der Waals surface area contributed by atoms with Gasteiger partial charge in [-0.25, -0.2) is 14.2 Å². The number of fused-ring (bicyclic) bond motifs is 4. The number of primary amides is 1. The van der Waals surface area contributed by atoms with Crippen molar-refractivity contribution in [3.63, 3.8) is 0 Å². The molecule has 192 valence electrons. The van der Waals surface area contributed by atoms with E-state index in [1.165, 1.54) is 6.07 Å². The zero-order valence-corrected chi connectivity index (χ0v) is 20.8. The predicted molar refractivity (Wildman–Crippen MR) is 132 cm³/mol. The smallest absolute Gasteiger partial charge is 0.450 e. The van der Waals surface area contributed by atoms with Crippen LogP contribution in [-0.2, 0) is 35.5 Å². The Morgan fingerprint density at radius 3 is 2.42 bits per heavy atom. The van der Waals surface area contributed by atoms with Crippen molar-refractivity contribution in [1.29, 1.82) is 0 Å². The Bertz CT molecular complexity index is 1410. The van der Waals surface area contributed by atoms with Gasteiger partial charge in [0.25, 0.3) is 5.56 Å². The molecule has 4 N–H and O–H groups in total. The lowest BCUT2D eigenvalue weighted by Crippen LogP contribution is -2.25. The first-order valence-electron chi connectivity index (χ1n) is 11.8. The van der Waals surface area contributed by atoms with E-state index in [9.17, 15) is 18.8 Å². The zero-order chi connectivity index (χ0) is 26.7. The predicted octanol–water partition coefficient (Wildman–Crippen LogP) is 3.35. The molecule has 1 aromatic carbocycles. The molecule has 0 bridgehead atoms. The van der Waals surface area contributed by atoms with Crippen molar-refractivity contribution in [3.05, 3.63) is 61.7 Å². The SMILES string of the molecule is CC.Cc1cc2n(c(=O)c1COC(=O)O)Cc1c-2nc2cc(F)c(C)c3c2c1CCC3.NC(=O)CO. The van der Waals surface area contributed by atoms with E-state index in [-0.39, 0.29) is 18.0 Å². The number of benzene rings is 1. The number of halogens is 1. The normalized spacial score (nSPS) is 12.5. The number of carboxylic acid groups (broad SMARTS) is 1. The van der Waals surface area contributed by atoms with E-state index in [1.807, 2.05) is 26.8 Å². The van der Waals surface area contributed by atoms with Crippen molar-refractivity contribution in [2.45, 2.75) is 60.1 Å². The quantitative estimate of drug-likeness (QED) is 0.367. The summed E-state index contributed by atoms with van der Waals surface area (Å²) in [4.78, 5) is 37.9. The fraction of sp³-hybridized carbons (Fsp3) is 0.385. The maximum Gasteiger partial charge on any atom is 0.506 e. The monoisotopic (exact) mass is 499 g/mol. The number of hydrogen-bond acceptors (Lipinski definition) is 6. The lowest BCUT2D eigenvalue weighted by Gasteiger charge is -2.21. The summed E-state index contributed by atoms with van der Waals surface area (Å²) in [5.74, 6) is -0.939. The molecule has 3 heterocycles. The summed E-state index contributed by atoms with van der Waals surface area (Å²) in [6.07, 6.45) is 1.22. The van der Waals surface area contributed by atoms with Crippen LogP contribution in [0.5, 0.6) is 0 Å². The van der Waals surface area contributed by atoms with Gasteiger partial charge in [0.2, 0.25) is 5.91 Å². The van der Waals surface area contributed by atoms with Crippen LogP contribution in [0.1, 0.15) is 53.6 Å². The molecule has 1 amide bonds. The van der Waals surface area contributed by atoms with Gasteiger partial charge in [-0.2, -0.15) is 0 Å². The summed E-state index contributed by atoms with van der Waals surface area (Å²) in [7, 11) is 0. The van der Waals surface area contributed by atoms with Gasteiger partial charge in [0, 0.05) is 17.0 Å². The van der Waals surface area contributed by atoms with E-state index < -0.39 is 18.7 Å². The van der Waals surface area contributed by atoms with Crippen molar-refractivity contribution in [1.82, 2.24) is 9.55 Å². The zero-order valence-electron chi connectivity index (χ0n) is 20.8. The number of carbonyl (C=O) groups excluding carboxylic acids is 1. The highest BCUT2D eigenvalue weighted by Crippen LogP contribution is 2.41. The molecule has 0 saturated carbocycles. The van der Waals surface area contributed by atoms with Crippen LogP contribution in [0.25, 0.3) is 22.3 Å². The molecular weight excluding hydrogens is 469 g/mol. The number of aromatic nitrogens is 2. The molecule has 3 aromatic rings. The molecule has 0 fully saturated rings. The molecule has 1 aliphatic heterocycles. The van der Waals surface area contributed by atoms with Crippen LogP contribution in [0.15, 0.2) is 16.9 Å². The number of carbonyl (C=O) groups is 2. The standard InChI is InChI=1S/C22H19FN2O4.C2H5NO2.C2H6/c1-10-6-18-20-14(8-25(18)21(26)15(10)9-29-22(27)28)13-5-3-4-12-11(2)16(23)7-17(24-20)19(12)13;3-2(5)1-4;1-2/h6-7H,3-5,8-9H2,1-2H3,(H,27,28);4H,1H2,(H2,3,5);1-2H3. The second-order valence-electron chi connectivity index (χ2n) is 8.39. The second kappa shape index (κ2) is 10.9. The summed E-state index contributed by atoms with van der Waals surface area (Å²) in [6, 6.07) is 3.33. The van der Waals surface area contributed by atoms with Crippen molar-refractivity contribution < 1.29 is 28.9 Å². The number of amides is 1. The maximum absolute atomic E-state index is 14.5. The van der Waals surface area contributed by atoms with Gasteiger partial charge in [0.15, 0.2) is 0 Å². The number of ether oxygens (including phenoxy) is 1. The minimum atomic E-state index is -1.42. The van der Waals surface area contributed by atoms with Crippen LogP contribution in [0, 0.1) is 19.7 Å². The molecule has 0 spiro atoms. The van der Waals surface area contributed by atoms with E-state index in [2.05, 4.69) is 10.5 Å². The van der Waals surface area contributed by atoms with Crippen LogP contribution in [0.2, 0.25) is 0 Å². The summed E-state index contributed by atoms with van der Waals surface area (Å²) in [6.45, 7) is 7.11. The van der Waals surface area contributed by atoms with Gasteiger partial charge in [-0.3, -0.25) is 9.59 Å². The Labute approximate surface area is 207 Å². The third-order valence-electron chi connectivity index (χ3n) is 6.35. The van der Waals surface area contributed by atoms with Gasteiger partial charge in [0.05, 0.1) is 29.0 Å². The first-order valence-corrected chi connectivity index (χ1v) is 11.8. The van der Waals surface area contributed by atoms with Crippen LogP contribution < -0.4 is 11.3 Å². The van der Waals surface area contributed by atoms with Crippen LogP contribution in [0.3, 0.4) is 0 Å². The van der Waals surface area contributed by atoms with Gasteiger partial charge in [0.1, 0.15) is 19.0 Å². The van der Waals surface area contributed by atoms with Gasteiger partial charge >= 0.3 is 6.16 Å². The topological polar surface area (TPSA) is 145 Å². The van der Waals surface area contributed by atoms with E-state index in [1.54, 1.807) is 11.5 Å². The Morgan fingerprint density at radius 2 is 1.81 bits per heavy atom. The van der Waals surface area contributed by atoms with Gasteiger partial charge in [-0.05, 0) is 61.4 Å². The molecule has 36 heavy (non-hydrogen) atoms. The summed E-state index contributed by atoms with van der Waals surface area (Å²) in [5.41, 5.74) is 11.0. The average Bonchev–Trinajstić information content (AvgIpc) is 3.22. The summed E-state index contributed by atoms with van der Waals surface area (Å²) < 4.78 is 20.7. The first kappa shape index (κ1) is 26.8. The third-order valence-corrected chi connectivity index (χ3v) is 6.35. The molecule has 2 aliphatic rings. The number of aryl methyl sites for hydroxylation is 3. The Kier molecular flexibility index (Phi) is 8.09. The van der Waals surface area contributed by atoms with E-state index in [0.29, 0.717) is 34.4 Å². The van der Waals surface area contributed by atoms with Crippen molar-refractivity contribution in [2.24, 2.45) is 5.73 Å². The molecule has 5 rings (SSSR count). The summed E-state index contributed by atoms with van der Waals surface area (Å²) in [5, 5.41) is 17.5. The molecule has 0 unspecified atom stereocenters.